The van der Waals surface area contributed by atoms with Crippen molar-refractivity contribution in [3.8, 4) is 5.69 Å². The minimum atomic E-state index is -0.617. The first-order valence-electron chi connectivity index (χ1n) is 9.78. The van der Waals surface area contributed by atoms with Gasteiger partial charge in [-0.1, -0.05) is 55.5 Å². The molecular formula is C23H24N4O2. The van der Waals surface area contributed by atoms with Gasteiger partial charge in [-0.25, -0.2) is 4.68 Å². The molecule has 3 aromatic rings. The molecule has 0 aliphatic carbocycles. The van der Waals surface area contributed by atoms with Crippen LogP contribution in [0.4, 0.5) is 0 Å². The number of aromatic nitrogens is 2. The van der Waals surface area contributed by atoms with Crippen molar-refractivity contribution in [1.29, 1.82) is 0 Å². The molecule has 1 fully saturated rings. The lowest BCUT2D eigenvalue weighted by molar-refractivity contribution is 0.0644. The minimum Gasteiger partial charge on any atom is -0.364 e. The molecule has 0 bridgehead atoms. The molecule has 1 atom stereocenters. The van der Waals surface area contributed by atoms with E-state index in [4.69, 9.17) is 5.73 Å². The van der Waals surface area contributed by atoms with Gasteiger partial charge in [-0.15, -0.1) is 0 Å². The van der Waals surface area contributed by atoms with Gasteiger partial charge in [0, 0.05) is 24.6 Å². The molecular weight excluding hydrogens is 364 g/mol. The average Bonchev–Trinajstić information content (AvgIpc) is 3.20. The van der Waals surface area contributed by atoms with Gasteiger partial charge in [0.15, 0.2) is 5.69 Å². The van der Waals surface area contributed by atoms with Crippen LogP contribution < -0.4 is 5.73 Å². The van der Waals surface area contributed by atoms with Crippen molar-refractivity contribution in [2.24, 2.45) is 5.73 Å². The van der Waals surface area contributed by atoms with Crippen molar-refractivity contribution in [2.45, 2.75) is 25.2 Å². The molecule has 0 radical (unpaired) electrons. The van der Waals surface area contributed by atoms with Crippen molar-refractivity contribution < 1.29 is 9.59 Å². The molecule has 2 heterocycles. The summed E-state index contributed by atoms with van der Waals surface area (Å²) in [5, 5.41) is 4.42. The van der Waals surface area contributed by atoms with E-state index < -0.39 is 5.91 Å². The van der Waals surface area contributed by atoms with Crippen LogP contribution >= 0.6 is 0 Å². The Balaban J connectivity index is 1.64. The van der Waals surface area contributed by atoms with E-state index in [0.717, 1.165) is 12.8 Å². The number of amides is 2. The Hall–Kier alpha value is -3.41. The first kappa shape index (κ1) is 18.9. The molecule has 4 rings (SSSR count). The lowest BCUT2D eigenvalue weighted by Crippen LogP contribution is -2.47. The number of hydrogen-bond acceptors (Lipinski definition) is 3. The summed E-state index contributed by atoms with van der Waals surface area (Å²) in [5.74, 6) is -0.794. The Labute approximate surface area is 169 Å². The Morgan fingerprint density at radius 2 is 1.69 bits per heavy atom. The first-order valence-corrected chi connectivity index (χ1v) is 9.78. The SMILES string of the molecule is CC1(c2ccccc2)CCCN(C(=O)c2cc(C(N)=O)n(-c3ccccc3)n2)C1. The fourth-order valence-corrected chi connectivity index (χ4v) is 4.08. The fraction of sp³-hybridized carbons (Fsp3) is 0.261. The van der Waals surface area contributed by atoms with E-state index in [1.54, 1.807) is 0 Å². The van der Waals surface area contributed by atoms with Crippen molar-refractivity contribution in [3.05, 3.63) is 83.7 Å². The Kier molecular flexibility index (Phi) is 4.92. The van der Waals surface area contributed by atoms with E-state index in [2.05, 4.69) is 24.2 Å². The van der Waals surface area contributed by atoms with Crippen molar-refractivity contribution in [1.82, 2.24) is 14.7 Å². The Morgan fingerprint density at radius 1 is 1.03 bits per heavy atom. The van der Waals surface area contributed by atoms with Crippen LogP contribution in [0.15, 0.2) is 66.7 Å². The third-order valence-corrected chi connectivity index (χ3v) is 5.64. The summed E-state index contributed by atoms with van der Waals surface area (Å²) in [7, 11) is 0. The Bertz CT molecular complexity index is 1030. The first-order chi connectivity index (χ1) is 14.0. The van der Waals surface area contributed by atoms with Gasteiger partial charge in [0.05, 0.1) is 5.69 Å². The summed E-state index contributed by atoms with van der Waals surface area (Å²) >= 11 is 0. The van der Waals surface area contributed by atoms with E-state index in [1.165, 1.54) is 16.3 Å². The molecule has 1 aliphatic rings. The van der Waals surface area contributed by atoms with Gasteiger partial charge < -0.3 is 10.6 Å². The molecule has 2 N–H and O–H groups in total. The molecule has 1 unspecified atom stereocenters. The number of primary amides is 1. The average molecular weight is 388 g/mol. The summed E-state index contributed by atoms with van der Waals surface area (Å²) < 4.78 is 1.44. The third-order valence-electron chi connectivity index (χ3n) is 5.64. The molecule has 1 saturated heterocycles. The van der Waals surface area contributed by atoms with E-state index >= 15 is 0 Å². The van der Waals surface area contributed by atoms with Crippen LogP contribution in [0.5, 0.6) is 0 Å². The highest BCUT2D eigenvalue weighted by atomic mass is 16.2. The van der Waals surface area contributed by atoms with Crippen LogP contribution in [0.25, 0.3) is 5.69 Å². The highest BCUT2D eigenvalue weighted by molar-refractivity contribution is 5.97. The van der Waals surface area contributed by atoms with Crippen LogP contribution in [0.2, 0.25) is 0 Å². The van der Waals surface area contributed by atoms with Gasteiger partial charge in [0.25, 0.3) is 11.8 Å². The number of carbonyl (C=O) groups excluding carboxylic acids is 2. The molecule has 6 heteroatoms. The second-order valence-electron chi connectivity index (χ2n) is 7.78. The number of rotatable bonds is 4. The summed E-state index contributed by atoms with van der Waals surface area (Å²) in [5.41, 5.74) is 7.78. The highest BCUT2D eigenvalue weighted by Crippen LogP contribution is 2.34. The standard InChI is InChI=1S/C23H24N4O2/c1-23(17-9-4-2-5-10-17)13-8-14-26(16-23)22(29)19-15-20(21(24)28)27(25-19)18-11-6-3-7-12-18/h2-7,9-12,15H,8,13-14,16H2,1H3,(H2,24,28). The van der Waals surface area contributed by atoms with Gasteiger partial charge in [-0.2, -0.15) is 5.10 Å². The topological polar surface area (TPSA) is 81.2 Å². The van der Waals surface area contributed by atoms with Gasteiger partial charge in [-0.05, 0) is 30.5 Å². The van der Waals surface area contributed by atoms with Crippen molar-refractivity contribution in [3.63, 3.8) is 0 Å². The maximum atomic E-state index is 13.2. The second kappa shape index (κ2) is 7.54. The number of likely N-dealkylation sites (tertiary alicyclic amines) is 1. The van der Waals surface area contributed by atoms with Crippen LogP contribution in [-0.2, 0) is 5.41 Å². The zero-order chi connectivity index (χ0) is 20.4. The van der Waals surface area contributed by atoms with Crippen molar-refractivity contribution >= 4 is 11.8 Å². The second-order valence-corrected chi connectivity index (χ2v) is 7.78. The van der Waals surface area contributed by atoms with Crippen LogP contribution in [0.3, 0.4) is 0 Å². The smallest absolute Gasteiger partial charge is 0.274 e. The number of piperidine rings is 1. The van der Waals surface area contributed by atoms with Crippen molar-refractivity contribution in [2.75, 3.05) is 13.1 Å². The molecule has 0 saturated carbocycles. The number of nitrogens with zero attached hydrogens (tertiary/aromatic N) is 3. The van der Waals surface area contributed by atoms with Gasteiger partial charge >= 0.3 is 0 Å². The number of para-hydroxylation sites is 1. The summed E-state index contributed by atoms with van der Waals surface area (Å²) in [6.45, 7) is 3.48. The van der Waals surface area contributed by atoms with E-state index in [-0.39, 0.29) is 22.7 Å². The van der Waals surface area contributed by atoms with Crippen LogP contribution in [0.1, 0.15) is 46.3 Å². The largest absolute Gasteiger partial charge is 0.364 e. The number of nitrogens with two attached hydrogens (primary N) is 1. The van der Waals surface area contributed by atoms with Crippen LogP contribution in [-0.4, -0.2) is 39.6 Å². The lowest BCUT2D eigenvalue weighted by atomic mass is 9.76. The van der Waals surface area contributed by atoms with Crippen LogP contribution in [0, 0.1) is 0 Å². The molecule has 1 aliphatic heterocycles. The lowest BCUT2D eigenvalue weighted by Gasteiger charge is -2.40. The predicted octanol–water partition coefficient (Wildman–Crippen LogP) is 3.17. The molecule has 148 valence electrons. The molecule has 0 spiro atoms. The third kappa shape index (κ3) is 3.66. The normalized spacial score (nSPS) is 19.1. The van der Waals surface area contributed by atoms with E-state index in [1.807, 2.05) is 53.4 Å². The number of carbonyl (C=O) groups is 2. The summed E-state index contributed by atoms with van der Waals surface area (Å²) in [6.07, 6.45) is 1.94. The zero-order valence-corrected chi connectivity index (χ0v) is 16.4. The molecule has 1 aromatic heterocycles. The molecule has 29 heavy (non-hydrogen) atoms. The molecule has 6 nitrogen and oxygen atoms in total. The Morgan fingerprint density at radius 3 is 2.34 bits per heavy atom. The van der Waals surface area contributed by atoms with E-state index in [9.17, 15) is 9.59 Å². The maximum Gasteiger partial charge on any atom is 0.274 e. The van der Waals surface area contributed by atoms with E-state index in [0.29, 0.717) is 18.8 Å². The van der Waals surface area contributed by atoms with Gasteiger partial charge in [0.2, 0.25) is 0 Å². The monoisotopic (exact) mass is 388 g/mol. The minimum absolute atomic E-state index is 0.107. The quantitative estimate of drug-likeness (QED) is 0.745. The molecule has 2 aromatic carbocycles. The highest BCUT2D eigenvalue weighted by Gasteiger charge is 2.35. The fourth-order valence-electron chi connectivity index (χ4n) is 4.08. The van der Waals surface area contributed by atoms with Gasteiger partial charge in [0.1, 0.15) is 5.69 Å². The summed E-state index contributed by atoms with van der Waals surface area (Å²) in [4.78, 5) is 27.0. The number of hydrogen-bond donors (Lipinski definition) is 1. The zero-order valence-electron chi connectivity index (χ0n) is 16.4. The number of benzene rings is 2. The summed E-state index contributed by atoms with van der Waals surface area (Å²) in [6, 6.07) is 21.0. The maximum absolute atomic E-state index is 13.2. The molecule has 2 amide bonds. The predicted molar refractivity (Wildman–Crippen MR) is 111 cm³/mol. The van der Waals surface area contributed by atoms with Gasteiger partial charge in [-0.3, -0.25) is 9.59 Å².